The van der Waals surface area contributed by atoms with Crippen molar-refractivity contribution in [2.24, 2.45) is 17.8 Å². The lowest BCUT2D eigenvalue weighted by Gasteiger charge is -2.38. The smallest absolute Gasteiger partial charge is 0.403 e. The van der Waals surface area contributed by atoms with Gasteiger partial charge in [-0.1, -0.05) is 31.4 Å². The van der Waals surface area contributed by atoms with Gasteiger partial charge < -0.3 is 4.74 Å². The Morgan fingerprint density at radius 1 is 0.848 bits per heavy atom. The topological polar surface area (TPSA) is 9.23 Å². The van der Waals surface area contributed by atoms with Gasteiger partial charge in [0.05, 0.1) is 6.67 Å². The highest BCUT2D eigenvalue weighted by atomic mass is 19.4. The van der Waals surface area contributed by atoms with Crippen molar-refractivity contribution in [3.63, 3.8) is 0 Å². The third kappa shape index (κ3) is 7.96. The molecule has 0 spiro atoms. The van der Waals surface area contributed by atoms with Crippen molar-refractivity contribution in [1.82, 2.24) is 0 Å². The first-order valence-electron chi connectivity index (χ1n) is 12.2. The first-order chi connectivity index (χ1) is 15.8. The van der Waals surface area contributed by atoms with Crippen molar-refractivity contribution in [2.45, 2.75) is 89.3 Å². The minimum absolute atomic E-state index is 0.0753. The number of hydrogen-bond acceptors (Lipinski definition) is 1. The van der Waals surface area contributed by atoms with Crippen molar-refractivity contribution in [3.05, 3.63) is 41.5 Å². The zero-order valence-electron chi connectivity index (χ0n) is 19.0. The Morgan fingerprint density at radius 3 is 2.06 bits per heavy atom. The van der Waals surface area contributed by atoms with Crippen LogP contribution in [0.2, 0.25) is 0 Å². The van der Waals surface area contributed by atoms with E-state index in [1.807, 2.05) is 6.08 Å². The first kappa shape index (κ1) is 26.0. The molecular formula is C26H34F6O. The number of benzene rings is 1. The summed E-state index contributed by atoms with van der Waals surface area (Å²) in [6.07, 6.45) is 11.2. The van der Waals surface area contributed by atoms with Gasteiger partial charge in [0, 0.05) is 0 Å². The predicted molar refractivity (Wildman–Crippen MR) is 117 cm³/mol. The number of unbranched alkanes of at least 4 members (excludes halogenated alkanes) is 1. The van der Waals surface area contributed by atoms with Crippen LogP contribution in [0.15, 0.2) is 24.3 Å². The lowest BCUT2D eigenvalue weighted by atomic mass is 9.68. The van der Waals surface area contributed by atoms with Gasteiger partial charge in [0.1, 0.15) is 0 Å². The zero-order chi connectivity index (χ0) is 23.8. The third-order valence-electron chi connectivity index (χ3n) is 7.47. The van der Waals surface area contributed by atoms with Crippen LogP contribution in [0.4, 0.5) is 26.3 Å². The maximum Gasteiger partial charge on any atom is 0.573 e. The summed E-state index contributed by atoms with van der Waals surface area (Å²) in [4.78, 5) is 0. The molecule has 33 heavy (non-hydrogen) atoms. The maximum atomic E-state index is 13.9. The van der Waals surface area contributed by atoms with Gasteiger partial charge in [-0.2, -0.15) is 4.39 Å². The number of rotatable bonds is 9. The summed E-state index contributed by atoms with van der Waals surface area (Å²) >= 11 is 0. The molecule has 0 atom stereocenters. The summed E-state index contributed by atoms with van der Waals surface area (Å²) in [6.45, 7) is -0.295. The van der Waals surface area contributed by atoms with Gasteiger partial charge in [-0.05, 0) is 99.2 Å². The second kappa shape index (κ2) is 12.2. The van der Waals surface area contributed by atoms with Gasteiger partial charge in [0.25, 0.3) is 0 Å². The molecular weight excluding hydrogens is 442 g/mol. The number of hydrogen-bond donors (Lipinski definition) is 0. The lowest BCUT2D eigenvalue weighted by Crippen LogP contribution is -2.25. The number of allylic oxidation sites excluding steroid dienone is 2. The quantitative estimate of drug-likeness (QED) is 0.196. The molecule has 0 aromatic heterocycles. The molecule has 1 aromatic carbocycles. The van der Waals surface area contributed by atoms with E-state index in [4.69, 9.17) is 0 Å². The van der Waals surface area contributed by atoms with Crippen molar-refractivity contribution >= 4 is 0 Å². The van der Waals surface area contributed by atoms with Crippen molar-refractivity contribution in [2.75, 3.05) is 6.67 Å². The molecule has 1 aromatic rings. The molecule has 3 rings (SSSR count). The van der Waals surface area contributed by atoms with Crippen LogP contribution in [0, 0.1) is 29.4 Å². The van der Waals surface area contributed by atoms with Crippen LogP contribution in [-0.4, -0.2) is 13.0 Å². The summed E-state index contributed by atoms with van der Waals surface area (Å²) in [5.74, 6) is -2.02. The van der Waals surface area contributed by atoms with Crippen LogP contribution in [0.1, 0.15) is 88.5 Å². The molecule has 2 fully saturated rings. The largest absolute Gasteiger partial charge is 0.573 e. The Bertz CT molecular complexity index is 759. The Kier molecular flexibility index (Phi) is 9.57. The minimum atomic E-state index is -5.06. The molecule has 1 nitrogen and oxygen atoms in total. The van der Waals surface area contributed by atoms with Crippen LogP contribution in [0.3, 0.4) is 0 Å². The third-order valence-corrected chi connectivity index (χ3v) is 7.47. The van der Waals surface area contributed by atoms with Crippen LogP contribution < -0.4 is 4.74 Å². The highest BCUT2D eigenvalue weighted by Gasteiger charge is 2.35. The summed E-state index contributed by atoms with van der Waals surface area (Å²) in [6, 6.07) is 2.02. The van der Waals surface area contributed by atoms with Crippen molar-refractivity contribution < 1.29 is 31.1 Å². The molecule has 2 aliphatic carbocycles. The highest BCUT2D eigenvalue weighted by Crippen LogP contribution is 2.45. The van der Waals surface area contributed by atoms with Gasteiger partial charge >= 0.3 is 6.36 Å². The molecule has 2 saturated carbocycles. The fourth-order valence-corrected chi connectivity index (χ4v) is 5.71. The molecule has 2 aliphatic rings. The Labute approximate surface area is 192 Å². The van der Waals surface area contributed by atoms with Gasteiger partial charge in [-0.25, -0.2) is 4.39 Å². The van der Waals surface area contributed by atoms with E-state index in [9.17, 15) is 26.3 Å². The molecule has 7 heteroatoms. The molecule has 0 radical (unpaired) electrons. The average molecular weight is 477 g/mol. The molecule has 186 valence electrons. The molecule has 0 aliphatic heterocycles. The van der Waals surface area contributed by atoms with Gasteiger partial charge in [-0.3, -0.25) is 4.39 Å². The van der Waals surface area contributed by atoms with E-state index in [1.165, 1.54) is 32.1 Å². The molecule has 0 saturated heterocycles. The van der Waals surface area contributed by atoms with E-state index in [0.717, 1.165) is 56.6 Å². The van der Waals surface area contributed by atoms with Crippen LogP contribution in [-0.2, 0) is 0 Å². The number of ether oxygens (including phenoxy) is 1. The van der Waals surface area contributed by atoms with Crippen molar-refractivity contribution in [3.8, 4) is 5.75 Å². The summed E-state index contributed by atoms with van der Waals surface area (Å²) in [5, 5.41) is 0. The Hall–Kier alpha value is -1.66. The van der Waals surface area contributed by atoms with E-state index in [0.29, 0.717) is 23.8 Å². The summed E-state index contributed by atoms with van der Waals surface area (Å²) < 4.78 is 81.0. The molecule has 0 amide bonds. The van der Waals surface area contributed by atoms with Crippen LogP contribution >= 0.6 is 0 Å². The fourth-order valence-electron chi connectivity index (χ4n) is 5.71. The second-order valence-electron chi connectivity index (χ2n) is 9.64. The molecule has 0 unspecified atom stereocenters. The monoisotopic (exact) mass is 476 g/mol. The molecule has 0 heterocycles. The Balaban J connectivity index is 1.44. The predicted octanol–water partition coefficient (Wildman–Crippen LogP) is 9.03. The van der Waals surface area contributed by atoms with Crippen LogP contribution in [0.25, 0.3) is 0 Å². The SMILES string of the molecule is FCCC=CCCCC1CCC(C2CCC(c3cc(F)c(F)c(OC(F)(F)F)c3)CC2)CC1. The first-order valence-corrected chi connectivity index (χ1v) is 12.2. The van der Waals surface area contributed by atoms with Gasteiger partial charge in [-0.15, -0.1) is 13.2 Å². The van der Waals surface area contributed by atoms with E-state index in [2.05, 4.69) is 10.8 Å². The lowest BCUT2D eigenvalue weighted by molar-refractivity contribution is -0.275. The standard InChI is InChI=1S/C26H34F6O/c27-15-5-3-1-2-4-6-18-7-9-19(10-8-18)20-11-13-21(14-12-20)22-16-23(28)25(29)24(17-22)33-26(30,31)32/h1,3,16-21H,2,4-15H2. The fraction of sp³-hybridized carbons (Fsp3) is 0.692. The van der Waals surface area contributed by atoms with Crippen LogP contribution in [0.5, 0.6) is 5.75 Å². The van der Waals surface area contributed by atoms with Crippen molar-refractivity contribution in [1.29, 1.82) is 0 Å². The number of alkyl halides is 4. The molecule has 0 N–H and O–H groups in total. The van der Waals surface area contributed by atoms with E-state index in [-0.39, 0.29) is 12.6 Å². The average Bonchev–Trinajstić information content (AvgIpc) is 2.79. The Morgan fingerprint density at radius 2 is 1.45 bits per heavy atom. The number of halogens is 6. The molecule has 0 bridgehead atoms. The normalized spacial score (nSPS) is 26.6. The summed E-state index contributed by atoms with van der Waals surface area (Å²) in [7, 11) is 0. The van der Waals surface area contributed by atoms with E-state index in [1.54, 1.807) is 0 Å². The summed E-state index contributed by atoms with van der Waals surface area (Å²) in [5.41, 5.74) is 0.385. The van der Waals surface area contributed by atoms with Gasteiger partial charge in [0.2, 0.25) is 5.82 Å². The highest BCUT2D eigenvalue weighted by molar-refractivity contribution is 5.34. The minimum Gasteiger partial charge on any atom is -0.403 e. The van der Waals surface area contributed by atoms with Gasteiger partial charge in [0.15, 0.2) is 11.6 Å². The van der Waals surface area contributed by atoms with E-state index < -0.39 is 23.7 Å². The van der Waals surface area contributed by atoms with E-state index >= 15 is 0 Å². The second-order valence-corrected chi connectivity index (χ2v) is 9.64. The maximum absolute atomic E-state index is 13.9. The zero-order valence-corrected chi connectivity index (χ0v) is 19.0.